The number of rotatable bonds is 2. The fourth-order valence-electron chi connectivity index (χ4n) is 2.72. The third kappa shape index (κ3) is 2.24. The molecule has 0 saturated heterocycles. The Morgan fingerprint density at radius 1 is 1.43 bits per heavy atom. The lowest BCUT2D eigenvalue weighted by atomic mass is 10.1. The molecule has 0 amide bonds. The summed E-state index contributed by atoms with van der Waals surface area (Å²) in [5.41, 5.74) is 3.32. The van der Waals surface area contributed by atoms with E-state index in [4.69, 9.17) is 16.7 Å². The zero-order valence-corrected chi connectivity index (χ0v) is 14.1. The highest BCUT2D eigenvalue weighted by atomic mass is 79.9. The van der Waals surface area contributed by atoms with Gasteiger partial charge in [-0.3, -0.25) is 0 Å². The predicted octanol–water partition coefficient (Wildman–Crippen LogP) is 4.81. The molecule has 2 heterocycles. The van der Waals surface area contributed by atoms with E-state index in [9.17, 15) is 4.39 Å². The number of nitrogens with zero attached hydrogens (tertiary/aromatic N) is 2. The molecule has 0 bridgehead atoms. The molecule has 0 aliphatic carbocycles. The fourth-order valence-corrected chi connectivity index (χ4v) is 3.42. The molecule has 0 spiro atoms. The van der Waals surface area contributed by atoms with E-state index < -0.39 is 0 Å². The largest absolute Gasteiger partial charge is 0.361 e. The topological polar surface area (TPSA) is 46.8 Å². The highest BCUT2D eigenvalue weighted by Gasteiger charge is 2.21. The fraction of sp³-hybridized carbons (Fsp3) is 0.286. The van der Waals surface area contributed by atoms with Crippen LogP contribution in [0.15, 0.2) is 21.1 Å². The van der Waals surface area contributed by atoms with Gasteiger partial charge in [0.1, 0.15) is 11.6 Å². The van der Waals surface area contributed by atoms with E-state index in [1.54, 1.807) is 6.07 Å². The maximum atomic E-state index is 13.7. The molecule has 21 heavy (non-hydrogen) atoms. The van der Waals surface area contributed by atoms with Crippen molar-refractivity contribution in [1.82, 2.24) is 14.7 Å². The molecule has 1 atom stereocenters. The average Bonchev–Trinajstić information content (AvgIpc) is 2.89. The Morgan fingerprint density at radius 2 is 2.14 bits per heavy atom. The highest BCUT2D eigenvalue weighted by molar-refractivity contribution is 9.10. The van der Waals surface area contributed by atoms with Crippen LogP contribution >= 0.6 is 28.1 Å². The van der Waals surface area contributed by atoms with Crippen molar-refractivity contribution >= 4 is 39.2 Å². The van der Waals surface area contributed by atoms with E-state index in [2.05, 4.69) is 26.1 Å². The zero-order valence-electron chi connectivity index (χ0n) is 11.7. The van der Waals surface area contributed by atoms with Gasteiger partial charge in [0.05, 0.1) is 27.2 Å². The van der Waals surface area contributed by atoms with Crippen molar-refractivity contribution in [2.24, 2.45) is 0 Å². The first-order valence-corrected chi connectivity index (χ1v) is 7.62. The third-order valence-corrected chi connectivity index (χ3v) is 4.56. The van der Waals surface area contributed by atoms with Crippen LogP contribution in [0.4, 0.5) is 4.39 Å². The smallest absolute Gasteiger partial charge is 0.178 e. The molecule has 0 saturated carbocycles. The molecule has 1 N–H and O–H groups in total. The van der Waals surface area contributed by atoms with Crippen LogP contribution in [-0.4, -0.2) is 14.7 Å². The van der Waals surface area contributed by atoms with Gasteiger partial charge in [0, 0.05) is 11.6 Å². The van der Waals surface area contributed by atoms with Crippen molar-refractivity contribution in [1.29, 1.82) is 0 Å². The molecular weight excluding hydrogens is 357 g/mol. The number of hydrogen-bond acceptors (Lipinski definition) is 3. The number of hydrogen-bond donors (Lipinski definition) is 1. The molecular formula is C14H13BrFN3OS. The quantitative estimate of drug-likeness (QED) is 0.659. The first-order chi connectivity index (χ1) is 9.90. The van der Waals surface area contributed by atoms with E-state index in [1.165, 1.54) is 6.07 Å². The van der Waals surface area contributed by atoms with Crippen LogP contribution in [-0.2, 0) is 0 Å². The summed E-state index contributed by atoms with van der Waals surface area (Å²) in [7, 11) is 0. The summed E-state index contributed by atoms with van der Waals surface area (Å²) in [6.07, 6.45) is 0. The van der Waals surface area contributed by atoms with Crippen molar-refractivity contribution in [3.05, 3.63) is 44.2 Å². The normalized spacial score (nSPS) is 13.0. The molecule has 0 aliphatic rings. The van der Waals surface area contributed by atoms with Gasteiger partial charge in [0.15, 0.2) is 4.77 Å². The van der Waals surface area contributed by atoms with Crippen molar-refractivity contribution < 1.29 is 8.91 Å². The standard InChI is InChI=1S/C14H13BrFN3OS/c1-6-13(8(3)20-18-6)7(2)19-12-4-9(15)10(16)5-11(12)17-14(19)21/h4-5,7H,1-3H3,(H,17,21). The Bertz CT molecular complexity index is 876. The molecule has 1 aromatic carbocycles. The van der Waals surface area contributed by atoms with Crippen LogP contribution in [0.1, 0.15) is 30.0 Å². The summed E-state index contributed by atoms with van der Waals surface area (Å²) in [5, 5.41) is 3.99. The Morgan fingerprint density at radius 3 is 2.76 bits per heavy atom. The minimum absolute atomic E-state index is 0.0603. The van der Waals surface area contributed by atoms with Gasteiger partial charge in [0.2, 0.25) is 0 Å². The minimum Gasteiger partial charge on any atom is -0.361 e. The summed E-state index contributed by atoms with van der Waals surface area (Å²) in [6.45, 7) is 5.79. The SMILES string of the molecule is Cc1noc(C)c1C(C)n1c(=S)[nH]c2cc(F)c(Br)cc21. The monoisotopic (exact) mass is 369 g/mol. The zero-order chi connectivity index (χ0) is 15.3. The Kier molecular flexibility index (Phi) is 3.49. The predicted molar refractivity (Wildman–Crippen MR) is 84.6 cm³/mol. The molecule has 2 aromatic heterocycles. The summed E-state index contributed by atoms with van der Waals surface area (Å²) in [5.74, 6) is 0.438. The van der Waals surface area contributed by atoms with Gasteiger partial charge < -0.3 is 14.1 Å². The second kappa shape index (κ2) is 5.06. The number of nitrogens with one attached hydrogen (secondary N) is 1. The number of aromatic nitrogens is 3. The van der Waals surface area contributed by atoms with Crippen LogP contribution in [0.2, 0.25) is 0 Å². The molecule has 3 aromatic rings. The molecule has 3 rings (SSSR count). The highest BCUT2D eigenvalue weighted by Crippen LogP contribution is 2.30. The van der Waals surface area contributed by atoms with Gasteiger partial charge in [-0.1, -0.05) is 5.16 Å². The number of aryl methyl sites for hydroxylation is 2. The maximum Gasteiger partial charge on any atom is 0.178 e. The van der Waals surface area contributed by atoms with Gasteiger partial charge in [-0.05, 0) is 55.0 Å². The number of halogens is 2. The lowest BCUT2D eigenvalue weighted by Crippen LogP contribution is -2.08. The van der Waals surface area contributed by atoms with Crippen LogP contribution < -0.4 is 0 Å². The molecule has 1 unspecified atom stereocenters. The number of aromatic amines is 1. The number of H-pyrrole nitrogens is 1. The van der Waals surface area contributed by atoms with Crippen LogP contribution in [0.25, 0.3) is 11.0 Å². The van der Waals surface area contributed by atoms with Gasteiger partial charge >= 0.3 is 0 Å². The summed E-state index contributed by atoms with van der Waals surface area (Å²) >= 11 is 8.61. The van der Waals surface area contributed by atoms with Gasteiger partial charge in [-0.2, -0.15) is 0 Å². The number of fused-ring (bicyclic) bond motifs is 1. The van der Waals surface area contributed by atoms with E-state index in [-0.39, 0.29) is 11.9 Å². The molecule has 0 aliphatic heterocycles. The van der Waals surface area contributed by atoms with E-state index >= 15 is 0 Å². The maximum absolute atomic E-state index is 13.7. The first kappa shape index (κ1) is 14.5. The Hall–Kier alpha value is -1.47. The summed E-state index contributed by atoms with van der Waals surface area (Å²) in [4.78, 5) is 3.04. The van der Waals surface area contributed by atoms with Crippen molar-refractivity contribution in [3.63, 3.8) is 0 Å². The first-order valence-electron chi connectivity index (χ1n) is 6.42. The Balaban J connectivity index is 2.27. The van der Waals surface area contributed by atoms with Crippen molar-refractivity contribution in [3.8, 4) is 0 Å². The van der Waals surface area contributed by atoms with Gasteiger partial charge in [0.25, 0.3) is 0 Å². The Labute approximate surface area is 134 Å². The van der Waals surface area contributed by atoms with Crippen molar-refractivity contribution in [2.45, 2.75) is 26.8 Å². The van der Waals surface area contributed by atoms with Gasteiger partial charge in [-0.15, -0.1) is 0 Å². The molecule has 110 valence electrons. The number of imidazole rings is 1. The van der Waals surface area contributed by atoms with Crippen LogP contribution in [0.5, 0.6) is 0 Å². The second-order valence-electron chi connectivity index (χ2n) is 5.00. The minimum atomic E-state index is -0.323. The second-order valence-corrected chi connectivity index (χ2v) is 6.24. The lowest BCUT2D eigenvalue weighted by molar-refractivity contribution is 0.391. The van der Waals surface area contributed by atoms with E-state index in [0.29, 0.717) is 14.8 Å². The molecule has 0 fully saturated rings. The third-order valence-electron chi connectivity index (χ3n) is 3.65. The molecule has 0 radical (unpaired) electrons. The van der Waals surface area contributed by atoms with Gasteiger partial charge in [-0.25, -0.2) is 4.39 Å². The lowest BCUT2D eigenvalue weighted by Gasteiger charge is -2.14. The average molecular weight is 370 g/mol. The molecule has 4 nitrogen and oxygen atoms in total. The van der Waals surface area contributed by atoms with E-state index in [0.717, 1.165) is 22.5 Å². The summed E-state index contributed by atoms with van der Waals surface area (Å²) in [6, 6.07) is 3.10. The van der Waals surface area contributed by atoms with Crippen LogP contribution in [0, 0.1) is 24.4 Å². The number of benzene rings is 1. The van der Waals surface area contributed by atoms with Crippen LogP contribution in [0.3, 0.4) is 0 Å². The van der Waals surface area contributed by atoms with E-state index in [1.807, 2.05) is 25.3 Å². The van der Waals surface area contributed by atoms with Crippen molar-refractivity contribution in [2.75, 3.05) is 0 Å². The molecule has 7 heteroatoms. The summed E-state index contributed by atoms with van der Waals surface area (Å²) < 4.78 is 21.8.